The van der Waals surface area contributed by atoms with Crippen LogP contribution in [-0.2, 0) is 9.53 Å². The SMILES string of the molecule is COC(=O)C1=CC[C@@H](P)CC=C1[N+](=O)[O-]. The van der Waals surface area contributed by atoms with E-state index in [4.69, 9.17) is 0 Å². The second kappa shape index (κ2) is 5.03. The van der Waals surface area contributed by atoms with E-state index in [1.807, 2.05) is 0 Å². The lowest BCUT2D eigenvalue weighted by atomic mass is 10.2. The summed E-state index contributed by atoms with van der Waals surface area (Å²) >= 11 is 0. The van der Waals surface area contributed by atoms with Crippen LogP contribution in [0.5, 0.6) is 0 Å². The lowest BCUT2D eigenvalue weighted by molar-refractivity contribution is -0.420. The zero-order valence-corrected chi connectivity index (χ0v) is 9.46. The number of carbonyl (C=O) groups excluding carboxylic acids is 1. The minimum atomic E-state index is -0.656. The third kappa shape index (κ3) is 2.86. The number of carbonyl (C=O) groups is 1. The first kappa shape index (κ1) is 11.9. The second-order valence-corrected chi connectivity index (χ2v) is 4.13. The maximum atomic E-state index is 11.3. The fourth-order valence-electron chi connectivity index (χ4n) is 1.31. The van der Waals surface area contributed by atoms with E-state index >= 15 is 0 Å². The van der Waals surface area contributed by atoms with Crippen molar-refractivity contribution in [3.05, 3.63) is 33.5 Å². The van der Waals surface area contributed by atoms with E-state index in [9.17, 15) is 14.9 Å². The molecule has 2 atom stereocenters. The Labute approximate surface area is 89.5 Å². The van der Waals surface area contributed by atoms with Gasteiger partial charge in [0.25, 0.3) is 5.70 Å². The van der Waals surface area contributed by atoms with Gasteiger partial charge in [-0.15, -0.1) is 9.24 Å². The molecule has 0 aromatic rings. The van der Waals surface area contributed by atoms with Gasteiger partial charge in [-0.05, 0) is 24.6 Å². The average molecular weight is 229 g/mol. The van der Waals surface area contributed by atoms with Crippen LogP contribution in [0.2, 0.25) is 0 Å². The first-order chi connectivity index (χ1) is 7.06. The fourth-order valence-corrected chi connectivity index (χ4v) is 1.59. The van der Waals surface area contributed by atoms with Crippen LogP contribution in [-0.4, -0.2) is 23.7 Å². The molecule has 0 heterocycles. The predicted octanol–water partition coefficient (Wildman–Crippen LogP) is 1.28. The molecule has 82 valence electrons. The Kier molecular flexibility index (Phi) is 3.97. The molecule has 0 saturated heterocycles. The lowest BCUT2D eigenvalue weighted by Crippen LogP contribution is -2.12. The summed E-state index contributed by atoms with van der Waals surface area (Å²) in [6.45, 7) is 0. The molecule has 6 heteroatoms. The lowest BCUT2D eigenvalue weighted by Gasteiger charge is -2.01. The van der Waals surface area contributed by atoms with Gasteiger partial charge in [0, 0.05) is 0 Å². The molecule has 0 aromatic carbocycles. The number of hydrogen-bond donors (Lipinski definition) is 0. The fraction of sp³-hybridized carbons (Fsp3) is 0.444. The van der Waals surface area contributed by atoms with Gasteiger partial charge >= 0.3 is 5.97 Å². The zero-order chi connectivity index (χ0) is 11.4. The van der Waals surface area contributed by atoms with E-state index in [0.29, 0.717) is 12.8 Å². The third-order valence-electron chi connectivity index (χ3n) is 2.12. The molecular formula is C9H12NO4P. The van der Waals surface area contributed by atoms with Gasteiger partial charge in [-0.1, -0.05) is 6.08 Å². The molecular weight excluding hydrogens is 217 g/mol. The summed E-state index contributed by atoms with van der Waals surface area (Å²) in [4.78, 5) is 21.5. The van der Waals surface area contributed by atoms with Gasteiger partial charge in [0.1, 0.15) is 5.57 Å². The molecule has 0 amide bonds. The maximum absolute atomic E-state index is 11.3. The van der Waals surface area contributed by atoms with Crippen molar-refractivity contribution in [3.63, 3.8) is 0 Å². The van der Waals surface area contributed by atoms with Crippen molar-refractivity contribution in [3.8, 4) is 0 Å². The van der Waals surface area contributed by atoms with Crippen LogP contribution in [0, 0.1) is 10.1 Å². The Bertz CT molecular complexity index is 348. The average Bonchev–Trinajstić information content (AvgIpc) is 2.39. The number of rotatable bonds is 2. The minimum absolute atomic E-state index is 0.0486. The van der Waals surface area contributed by atoms with Gasteiger partial charge in [0.2, 0.25) is 0 Å². The third-order valence-corrected chi connectivity index (χ3v) is 2.66. The van der Waals surface area contributed by atoms with Crippen molar-refractivity contribution < 1.29 is 14.5 Å². The molecule has 0 spiro atoms. The second-order valence-electron chi connectivity index (χ2n) is 3.19. The zero-order valence-electron chi connectivity index (χ0n) is 8.30. The number of nitrogens with zero attached hydrogens (tertiary/aromatic N) is 1. The van der Waals surface area contributed by atoms with Gasteiger partial charge in [0.15, 0.2) is 0 Å². The van der Waals surface area contributed by atoms with Crippen LogP contribution >= 0.6 is 9.24 Å². The highest BCUT2D eigenvalue weighted by Gasteiger charge is 2.26. The molecule has 5 nitrogen and oxygen atoms in total. The highest BCUT2D eigenvalue weighted by molar-refractivity contribution is 7.17. The van der Waals surface area contributed by atoms with E-state index in [0.717, 1.165) is 0 Å². The van der Waals surface area contributed by atoms with Crippen molar-refractivity contribution in [2.75, 3.05) is 7.11 Å². The smallest absolute Gasteiger partial charge is 0.344 e. The molecule has 0 bridgehead atoms. The highest BCUT2D eigenvalue weighted by Crippen LogP contribution is 2.23. The Hall–Kier alpha value is -1.22. The van der Waals surface area contributed by atoms with Crippen molar-refractivity contribution in [2.45, 2.75) is 18.5 Å². The Balaban J connectivity index is 3.06. The van der Waals surface area contributed by atoms with Crippen molar-refractivity contribution in [2.24, 2.45) is 0 Å². The van der Waals surface area contributed by atoms with E-state index in [1.54, 1.807) is 6.08 Å². The molecule has 0 aliphatic heterocycles. The largest absolute Gasteiger partial charge is 0.465 e. The number of methoxy groups -OCH3 is 1. The summed E-state index contributed by atoms with van der Waals surface area (Å²) in [6.07, 6.45) is 4.21. The summed E-state index contributed by atoms with van der Waals surface area (Å²) in [5.41, 5.74) is 0.112. The molecule has 1 unspecified atom stereocenters. The first-order valence-electron chi connectivity index (χ1n) is 4.45. The van der Waals surface area contributed by atoms with Crippen LogP contribution in [0.25, 0.3) is 0 Å². The van der Waals surface area contributed by atoms with Crippen LogP contribution < -0.4 is 0 Å². The van der Waals surface area contributed by atoms with Gasteiger partial charge in [-0.25, -0.2) is 4.79 Å². The summed E-state index contributed by atoms with van der Waals surface area (Å²) < 4.78 is 4.50. The molecule has 0 aromatic heterocycles. The normalized spacial score (nSPS) is 21.1. The molecule has 1 aliphatic rings. The van der Waals surface area contributed by atoms with Gasteiger partial charge in [0.05, 0.1) is 12.0 Å². The molecule has 1 rings (SSSR count). The number of allylic oxidation sites excluding steroid dienone is 2. The van der Waals surface area contributed by atoms with Gasteiger partial charge < -0.3 is 4.74 Å². The molecule has 0 N–H and O–H groups in total. The molecule has 0 radical (unpaired) electrons. The Morgan fingerprint density at radius 1 is 1.60 bits per heavy atom. The first-order valence-corrected chi connectivity index (χ1v) is 5.12. The highest BCUT2D eigenvalue weighted by atomic mass is 31.0. The van der Waals surface area contributed by atoms with E-state index in [2.05, 4.69) is 14.0 Å². The van der Waals surface area contributed by atoms with E-state index < -0.39 is 10.9 Å². The van der Waals surface area contributed by atoms with E-state index in [1.165, 1.54) is 13.2 Å². The van der Waals surface area contributed by atoms with Crippen molar-refractivity contribution in [1.82, 2.24) is 0 Å². The van der Waals surface area contributed by atoms with Crippen LogP contribution in [0.3, 0.4) is 0 Å². The molecule has 15 heavy (non-hydrogen) atoms. The molecule has 0 saturated carbocycles. The Morgan fingerprint density at radius 2 is 2.20 bits per heavy atom. The summed E-state index contributed by atoms with van der Waals surface area (Å²) in [5, 5.41) is 10.7. The Morgan fingerprint density at radius 3 is 2.73 bits per heavy atom. The van der Waals surface area contributed by atoms with Crippen molar-refractivity contribution in [1.29, 1.82) is 0 Å². The number of ether oxygens (including phenoxy) is 1. The topological polar surface area (TPSA) is 69.4 Å². The summed E-state index contributed by atoms with van der Waals surface area (Å²) in [6, 6.07) is 0. The molecule has 0 fully saturated rings. The van der Waals surface area contributed by atoms with Gasteiger partial charge in [-0.2, -0.15) is 0 Å². The monoisotopic (exact) mass is 229 g/mol. The number of nitro groups is 1. The maximum Gasteiger partial charge on any atom is 0.344 e. The minimum Gasteiger partial charge on any atom is -0.465 e. The van der Waals surface area contributed by atoms with Crippen LogP contribution in [0.1, 0.15) is 12.8 Å². The molecule has 1 aliphatic carbocycles. The van der Waals surface area contributed by atoms with Crippen LogP contribution in [0.4, 0.5) is 0 Å². The van der Waals surface area contributed by atoms with E-state index in [-0.39, 0.29) is 16.9 Å². The quantitative estimate of drug-likeness (QED) is 0.309. The van der Waals surface area contributed by atoms with Gasteiger partial charge in [-0.3, -0.25) is 10.1 Å². The number of hydrogen-bond acceptors (Lipinski definition) is 4. The standard InChI is InChI=1S/C9H12NO4P/c1-14-9(11)7-4-2-6(15)3-5-8(7)10(12)13/h4-6H,2-3,15H2,1H3/t6-/m1/s1. The predicted molar refractivity (Wildman–Crippen MR) is 57.9 cm³/mol. The number of esters is 1. The summed E-state index contributed by atoms with van der Waals surface area (Å²) in [7, 11) is 3.80. The van der Waals surface area contributed by atoms with Crippen molar-refractivity contribution >= 4 is 15.2 Å². The van der Waals surface area contributed by atoms with Crippen LogP contribution in [0.15, 0.2) is 23.4 Å². The summed E-state index contributed by atoms with van der Waals surface area (Å²) in [5.74, 6) is -0.656.